The van der Waals surface area contributed by atoms with Crippen molar-refractivity contribution in [3.8, 4) is 0 Å². The number of hydrogen-bond acceptors (Lipinski definition) is 3. The molecule has 1 aromatic rings. The van der Waals surface area contributed by atoms with Gasteiger partial charge in [0.25, 0.3) is 0 Å². The average Bonchev–Trinajstić information content (AvgIpc) is 2.25. The summed E-state index contributed by atoms with van der Waals surface area (Å²) in [7, 11) is 0. The fourth-order valence-corrected chi connectivity index (χ4v) is 1.06. The smallest absolute Gasteiger partial charge is 0.338 e. The molecule has 0 aliphatic carbocycles. The van der Waals surface area contributed by atoms with Crippen LogP contribution >= 0.6 is 0 Å². The molecule has 0 heterocycles. The third kappa shape index (κ3) is 3.66. The number of hydrogen-bond donors (Lipinski definition) is 1. The molecule has 1 atom stereocenters. The highest BCUT2D eigenvalue weighted by Gasteiger charge is 2.23. The third-order valence-electron chi connectivity index (χ3n) is 2.38. The van der Waals surface area contributed by atoms with Crippen LogP contribution in [0.15, 0.2) is 30.3 Å². The van der Waals surface area contributed by atoms with E-state index >= 15 is 0 Å². The van der Waals surface area contributed by atoms with Gasteiger partial charge in [0.05, 0.1) is 11.7 Å². The molecule has 3 nitrogen and oxygen atoms in total. The van der Waals surface area contributed by atoms with E-state index in [1.807, 2.05) is 26.8 Å². The van der Waals surface area contributed by atoms with E-state index in [2.05, 4.69) is 0 Å². The van der Waals surface area contributed by atoms with Gasteiger partial charge in [0.1, 0.15) is 6.61 Å². The summed E-state index contributed by atoms with van der Waals surface area (Å²) in [6, 6.07) is 8.76. The summed E-state index contributed by atoms with van der Waals surface area (Å²) in [5.41, 5.74) is 0.223. The van der Waals surface area contributed by atoms with Gasteiger partial charge >= 0.3 is 5.97 Å². The number of rotatable bonds is 3. The molecule has 1 N–H and O–H groups in total. The molecule has 0 amide bonds. The van der Waals surface area contributed by atoms with Gasteiger partial charge in [-0.25, -0.2) is 4.79 Å². The molecule has 0 aliphatic heterocycles. The van der Waals surface area contributed by atoms with Gasteiger partial charge < -0.3 is 9.84 Å². The van der Waals surface area contributed by atoms with E-state index in [1.54, 1.807) is 24.3 Å². The summed E-state index contributed by atoms with van der Waals surface area (Å²) < 4.78 is 5.03. The fourth-order valence-electron chi connectivity index (χ4n) is 1.06. The van der Waals surface area contributed by atoms with E-state index in [0.29, 0.717) is 5.56 Å². The highest BCUT2D eigenvalue weighted by atomic mass is 16.5. The summed E-state index contributed by atoms with van der Waals surface area (Å²) in [4.78, 5) is 11.5. The first-order valence-electron chi connectivity index (χ1n) is 5.31. The van der Waals surface area contributed by atoms with Crippen molar-refractivity contribution in [3.63, 3.8) is 0 Å². The number of carbonyl (C=O) groups excluding carboxylic acids is 1. The molecule has 0 unspecified atom stereocenters. The predicted molar refractivity (Wildman–Crippen MR) is 62.2 cm³/mol. The van der Waals surface area contributed by atoms with E-state index in [9.17, 15) is 9.90 Å². The zero-order chi connectivity index (χ0) is 12.2. The Morgan fingerprint density at radius 3 is 2.38 bits per heavy atom. The Balaban J connectivity index is 2.48. The highest BCUT2D eigenvalue weighted by Crippen LogP contribution is 2.19. The molecular formula is C13H18O3. The van der Waals surface area contributed by atoms with Crippen molar-refractivity contribution < 1.29 is 14.6 Å². The number of esters is 1. The van der Waals surface area contributed by atoms with Gasteiger partial charge in [0.2, 0.25) is 0 Å². The molecule has 0 saturated heterocycles. The minimum absolute atomic E-state index is 0.0250. The largest absolute Gasteiger partial charge is 0.459 e. The van der Waals surface area contributed by atoms with Gasteiger partial charge in [-0.1, -0.05) is 39.0 Å². The average molecular weight is 222 g/mol. The second kappa shape index (κ2) is 5.12. The Morgan fingerprint density at radius 2 is 1.88 bits per heavy atom. The minimum Gasteiger partial charge on any atom is -0.459 e. The maximum absolute atomic E-state index is 11.5. The Morgan fingerprint density at radius 1 is 1.31 bits per heavy atom. The van der Waals surface area contributed by atoms with E-state index in [4.69, 9.17) is 4.74 Å². The Labute approximate surface area is 96.1 Å². The molecule has 1 aromatic carbocycles. The van der Waals surface area contributed by atoms with Crippen molar-refractivity contribution in [1.29, 1.82) is 0 Å². The highest BCUT2D eigenvalue weighted by molar-refractivity contribution is 5.89. The van der Waals surface area contributed by atoms with Crippen LogP contribution in [0.2, 0.25) is 0 Å². The van der Waals surface area contributed by atoms with Gasteiger partial charge in [-0.2, -0.15) is 0 Å². The number of carbonyl (C=O) groups is 1. The van der Waals surface area contributed by atoms with Gasteiger partial charge in [0, 0.05) is 0 Å². The zero-order valence-electron chi connectivity index (χ0n) is 9.93. The van der Waals surface area contributed by atoms with Gasteiger partial charge in [-0.3, -0.25) is 0 Å². The number of aliphatic hydroxyl groups is 1. The van der Waals surface area contributed by atoms with Crippen LogP contribution < -0.4 is 0 Å². The third-order valence-corrected chi connectivity index (χ3v) is 2.38. The molecule has 0 radical (unpaired) electrons. The molecular weight excluding hydrogens is 204 g/mol. The van der Waals surface area contributed by atoms with Crippen molar-refractivity contribution in [3.05, 3.63) is 35.9 Å². The van der Waals surface area contributed by atoms with Crippen LogP contribution in [0.3, 0.4) is 0 Å². The summed E-state index contributed by atoms with van der Waals surface area (Å²) in [5.74, 6) is -0.399. The maximum Gasteiger partial charge on any atom is 0.338 e. The normalized spacial score (nSPS) is 13.2. The SMILES string of the molecule is CC(C)(C)[C@@H](O)COC(=O)c1ccccc1. The Kier molecular flexibility index (Phi) is 4.07. The quantitative estimate of drug-likeness (QED) is 0.798. The van der Waals surface area contributed by atoms with Crippen molar-refractivity contribution in [1.82, 2.24) is 0 Å². The number of aliphatic hydroxyl groups excluding tert-OH is 1. The lowest BCUT2D eigenvalue weighted by Crippen LogP contribution is -2.31. The fraction of sp³-hybridized carbons (Fsp3) is 0.462. The summed E-state index contributed by atoms with van der Waals surface area (Å²) >= 11 is 0. The van der Waals surface area contributed by atoms with E-state index < -0.39 is 12.1 Å². The first-order valence-corrected chi connectivity index (χ1v) is 5.31. The second-order valence-electron chi connectivity index (χ2n) is 4.85. The predicted octanol–water partition coefficient (Wildman–Crippen LogP) is 2.25. The molecule has 88 valence electrons. The van der Waals surface area contributed by atoms with Crippen LogP contribution in [0, 0.1) is 5.41 Å². The number of benzene rings is 1. The Hall–Kier alpha value is -1.35. The lowest BCUT2D eigenvalue weighted by atomic mass is 9.90. The van der Waals surface area contributed by atoms with Crippen LogP contribution in [-0.4, -0.2) is 23.8 Å². The summed E-state index contributed by atoms with van der Waals surface area (Å²) in [6.07, 6.45) is -0.653. The molecule has 0 saturated carbocycles. The van der Waals surface area contributed by atoms with Crippen molar-refractivity contribution >= 4 is 5.97 Å². The van der Waals surface area contributed by atoms with E-state index in [1.165, 1.54) is 0 Å². The zero-order valence-corrected chi connectivity index (χ0v) is 9.93. The van der Waals surface area contributed by atoms with Crippen molar-refractivity contribution in [2.24, 2.45) is 5.41 Å². The molecule has 0 aliphatic rings. The van der Waals surface area contributed by atoms with Gasteiger partial charge in [-0.05, 0) is 17.5 Å². The van der Waals surface area contributed by atoms with Crippen LogP contribution in [0.25, 0.3) is 0 Å². The lowest BCUT2D eigenvalue weighted by molar-refractivity contribution is -0.0104. The number of ether oxygens (including phenoxy) is 1. The lowest BCUT2D eigenvalue weighted by Gasteiger charge is -2.25. The first kappa shape index (κ1) is 12.7. The van der Waals surface area contributed by atoms with Crippen molar-refractivity contribution in [2.45, 2.75) is 26.9 Å². The Bertz CT molecular complexity index is 338. The van der Waals surface area contributed by atoms with Gasteiger partial charge in [0.15, 0.2) is 0 Å². The molecule has 0 fully saturated rings. The van der Waals surface area contributed by atoms with Crippen LogP contribution in [0.1, 0.15) is 31.1 Å². The molecule has 0 bridgehead atoms. The van der Waals surface area contributed by atoms with Crippen LogP contribution in [0.4, 0.5) is 0 Å². The maximum atomic E-state index is 11.5. The van der Waals surface area contributed by atoms with E-state index in [0.717, 1.165) is 0 Å². The molecule has 0 spiro atoms. The molecule has 16 heavy (non-hydrogen) atoms. The van der Waals surface area contributed by atoms with Gasteiger partial charge in [-0.15, -0.1) is 0 Å². The second-order valence-corrected chi connectivity index (χ2v) is 4.85. The van der Waals surface area contributed by atoms with Crippen molar-refractivity contribution in [2.75, 3.05) is 6.61 Å². The first-order chi connectivity index (χ1) is 7.41. The molecule has 3 heteroatoms. The summed E-state index contributed by atoms with van der Waals surface area (Å²) in [6.45, 7) is 5.72. The molecule has 1 rings (SSSR count). The standard InChI is InChI=1S/C13H18O3/c1-13(2,3)11(14)9-16-12(15)10-7-5-4-6-8-10/h4-8,11,14H,9H2,1-3H3/t11-/m0/s1. The summed E-state index contributed by atoms with van der Waals surface area (Å²) in [5, 5.41) is 9.70. The van der Waals surface area contributed by atoms with Crippen LogP contribution in [-0.2, 0) is 4.74 Å². The van der Waals surface area contributed by atoms with E-state index in [-0.39, 0.29) is 12.0 Å². The monoisotopic (exact) mass is 222 g/mol. The van der Waals surface area contributed by atoms with Crippen LogP contribution in [0.5, 0.6) is 0 Å². The molecule has 0 aromatic heterocycles. The minimum atomic E-state index is -0.653. The topological polar surface area (TPSA) is 46.5 Å².